The molecule has 0 atom stereocenters. The zero-order valence-electron chi connectivity index (χ0n) is 6.00. The van der Waals surface area contributed by atoms with Crippen LogP contribution in [0, 0.1) is 0 Å². The highest BCUT2D eigenvalue weighted by atomic mass is 32.2. The average Bonchev–Trinajstić information content (AvgIpc) is 2.35. The SMILES string of the molecule is CNC(=O)Cc1csc(S)n1. The van der Waals surface area contributed by atoms with E-state index in [1.165, 1.54) is 11.3 Å². The number of rotatable bonds is 2. The standard InChI is InChI=1S/C6H8N2OS2/c1-7-5(9)2-4-3-11-6(10)8-4/h3H,2H2,1H3,(H,7,9)(H,8,10). The highest BCUT2D eigenvalue weighted by Gasteiger charge is 2.03. The molecule has 3 nitrogen and oxygen atoms in total. The molecule has 0 fully saturated rings. The van der Waals surface area contributed by atoms with E-state index in [-0.39, 0.29) is 5.91 Å². The zero-order chi connectivity index (χ0) is 8.27. The van der Waals surface area contributed by atoms with E-state index in [0.717, 1.165) is 5.69 Å². The summed E-state index contributed by atoms with van der Waals surface area (Å²) in [6.07, 6.45) is 0.341. The molecule has 60 valence electrons. The van der Waals surface area contributed by atoms with Gasteiger partial charge in [-0.25, -0.2) is 4.98 Å². The van der Waals surface area contributed by atoms with Crippen molar-refractivity contribution < 1.29 is 4.79 Å². The van der Waals surface area contributed by atoms with Crippen molar-refractivity contribution in [3.8, 4) is 0 Å². The Labute approximate surface area is 74.3 Å². The van der Waals surface area contributed by atoms with E-state index in [2.05, 4.69) is 22.9 Å². The second-order valence-electron chi connectivity index (χ2n) is 1.97. The van der Waals surface area contributed by atoms with Crippen LogP contribution in [-0.4, -0.2) is 17.9 Å². The van der Waals surface area contributed by atoms with Crippen LogP contribution in [0.15, 0.2) is 9.72 Å². The molecule has 0 aliphatic rings. The molecule has 0 saturated carbocycles. The summed E-state index contributed by atoms with van der Waals surface area (Å²) in [6, 6.07) is 0. The van der Waals surface area contributed by atoms with Crippen LogP contribution < -0.4 is 5.32 Å². The van der Waals surface area contributed by atoms with Crippen molar-refractivity contribution in [3.05, 3.63) is 11.1 Å². The van der Waals surface area contributed by atoms with Gasteiger partial charge >= 0.3 is 0 Å². The second kappa shape index (κ2) is 3.73. The Hall–Kier alpha value is -0.550. The van der Waals surface area contributed by atoms with Crippen LogP contribution in [0.2, 0.25) is 0 Å². The fourth-order valence-corrected chi connectivity index (χ4v) is 1.46. The molecule has 0 radical (unpaired) electrons. The zero-order valence-corrected chi connectivity index (χ0v) is 7.71. The molecule has 1 aromatic heterocycles. The van der Waals surface area contributed by atoms with Crippen molar-refractivity contribution in [2.24, 2.45) is 0 Å². The monoisotopic (exact) mass is 188 g/mol. The van der Waals surface area contributed by atoms with Crippen LogP contribution >= 0.6 is 24.0 Å². The Morgan fingerprint density at radius 3 is 3.09 bits per heavy atom. The predicted molar refractivity (Wildman–Crippen MR) is 47.1 cm³/mol. The second-order valence-corrected chi connectivity index (χ2v) is 3.56. The first-order valence-corrected chi connectivity index (χ1v) is 4.39. The quantitative estimate of drug-likeness (QED) is 0.672. The van der Waals surface area contributed by atoms with Crippen LogP contribution in [-0.2, 0) is 11.2 Å². The molecule has 0 spiro atoms. The van der Waals surface area contributed by atoms with Crippen LogP contribution in [0.3, 0.4) is 0 Å². The number of likely N-dealkylation sites (N-methyl/N-ethyl adjacent to an activating group) is 1. The summed E-state index contributed by atoms with van der Waals surface area (Å²) in [5.74, 6) is -0.0244. The van der Waals surface area contributed by atoms with Gasteiger partial charge in [-0.1, -0.05) is 0 Å². The Morgan fingerprint density at radius 2 is 2.64 bits per heavy atom. The van der Waals surface area contributed by atoms with Gasteiger partial charge in [0, 0.05) is 12.4 Å². The minimum atomic E-state index is -0.0244. The molecule has 11 heavy (non-hydrogen) atoms. The maximum absolute atomic E-state index is 10.8. The van der Waals surface area contributed by atoms with Gasteiger partial charge in [0.1, 0.15) is 4.34 Å². The molecule has 1 amide bonds. The lowest BCUT2D eigenvalue weighted by molar-refractivity contribution is -0.120. The molecule has 0 aliphatic heterocycles. The van der Waals surface area contributed by atoms with E-state index in [0.29, 0.717) is 10.8 Å². The Kier molecular flexibility index (Phi) is 2.90. The molecule has 1 aromatic rings. The smallest absolute Gasteiger partial charge is 0.225 e. The summed E-state index contributed by atoms with van der Waals surface area (Å²) < 4.78 is 0.698. The van der Waals surface area contributed by atoms with Gasteiger partial charge in [0.15, 0.2) is 0 Å². The van der Waals surface area contributed by atoms with Gasteiger partial charge in [0.25, 0.3) is 0 Å². The van der Waals surface area contributed by atoms with Gasteiger partial charge in [0.2, 0.25) is 5.91 Å². The summed E-state index contributed by atoms with van der Waals surface area (Å²) in [5.41, 5.74) is 0.777. The lowest BCUT2D eigenvalue weighted by atomic mass is 10.3. The molecule has 0 unspecified atom stereocenters. The highest BCUT2D eigenvalue weighted by molar-refractivity contribution is 7.82. The number of nitrogens with zero attached hydrogens (tertiary/aromatic N) is 1. The maximum Gasteiger partial charge on any atom is 0.225 e. The number of carbonyl (C=O) groups is 1. The van der Waals surface area contributed by atoms with Gasteiger partial charge in [-0.15, -0.1) is 24.0 Å². The van der Waals surface area contributed by atoms with Crippen molar-refractivity contribution in [1.82, 2.24) is 10.3 Å². The third-order valence-corrected chi connectivity index (χ3v) is 2.27. The topological polar surface area (TPSA) is 42.0 Å². The van der Waals surface area contributed by atoms with E-state index in [1.54, 1.807) is 7.05 Å². The lowest BCUT2D eigenvalue weighted by Gasteiger charge is -1.93. The summed E-state index contributed by atoms with van der Waals surface area (Å²) in [4.78, 5) is 14.8. The van der Waals surface area contributed by atoms with Gasteiger partial charge in [0.05, 0.1) is 12.1 Å². The first-order valence-electron chi connectivity index (χ1n) is 3.06. The summed E-state index contributed by atoms with van der Waals surface area (Å²) >= 11 is 5.46. The van der Waals surface area contributed by atoms with Crippen molar-refractivity contribution in [1.29, 1.82) is 0 Å². The number of hydrogen-bond donors (Lipinski definition) is 2. The Balaban J connectivity index is 2.57. The maximum atomic E-state index is 10.8. The van der Waals surface area contributed by atoms with E-state index in [1.807, 2.05) is 5.38 Å². The normalized spacial score (nSPS) is 9.64. The van der Waals surface area contributed by atoms with Crippen LogP contribution in [0.4, 0.5) is 0 Å². The van der Waals surface area contributed by atoms with Crippen LogP contribution in [0.5, 0.6) is 0 Å². The summed E-state index contributed by atoms with van der Waals surface area (Å²) in [7, 11) is 1.61. The van der Waals surface area contributed by atoms with E-state index in [9.17, 15) is 4.79 Å². The van der Waals surface area contributed by atoms with Crippen molar-refractivity contribution in [3.63, 3.8) is 0 Å². The molecule has 0 aliphatic carbocycles. The number of thiol groups is 1. The van der Waals surface area contributed by atoms with Crippen molar-refractivity contribution in [2.75, 3.05) is 7.05 Å². The molecule has 0 bridgehead atoms. The largest absolute Gasteiger partial charge is 0.359 e. The van der Waals surface area contributed by atoms with Crippen molar-refractivity contribution >= 4 is 29.9 Å². The van der Waals surface area contributed by atoms with Gasteiger partial charge in [-0.05, 0) is 0 Å². The number of carbonyl (C=O) groups excluding carboxylic acids is 1. The van der Waals surface area contributed by atoms with Gasteiger partial charge in [-0.3, -0.25) is 4.79 Å². The summed E-state index contributed by atoms with van der Waals surface area (Å²) in [6.45, 7) is 0. The minimum Gasteiger partial charge on any atom is -0.359 e. The minimum absolute atomic E-state index is 0.0244. The van der Waals surface area contributed by atoms with E-state index >= 15 is 0 Å². The lowest BCUT2D eigenvalue weighted by Crippen LogP contribution is -2.19. The molecule has 5 heteroatoms. The molecule has 1 rings (SSSR count). The van der Waals surface area contributed by atoms with Crippen LogP contribution in [0.25, 0.3) is 0 Å². The molecule has 1 N–H and O–H groups in total. The average molecular weight is 188 g/mol. The first kappa shape index (κ1) is 8.55. The molecule has 0 aromatic carbocycles. The molecular weight excluding hydrogens is 180 g/mol. The third kappa shape index (κ3) is 2.51. The van der Waals surface area contributed by atoms with E-state index in [4.69, 9.17) is 0 Å². The van der Waals surface area contributed by atoms with Crippen LogP contribution in [0.1, 0.15) is 5.69 Å². The van der Waals surface area contributed by atoms with E-state index < -0.39 is 0 Å². The third-order valence-electron chi connectivity index (χ3n) is 1.16. The molecule has 1 heterocycles. The fourth-order valence-electron chi connectivity index (χ4n) is 0.630. The number of nitrogens with one attached hydrogen (secondary N) is 1. The van der Waals surface area contributed by atoms with Crippen molar-refractivity contribution in [2.45, 2.75) is 10.8 Å². The number of aromatic nitrogens is 1. The Morgan fingerprint density at radius 1 is 1.91 bits per heavy atom. The number of thiazole rings is 1. The molecule has 0 saturated heterocycles. The predicted octanol–water partition coefficient (Wildman–Crippen LogP) is 0.720. The Bertz CT molecular complexity index is 259. The highest BCUT2D eigenvalue weighted by Crippen LogP contribution is 2.13. The number of amides is 1. The molecular formula is C6H8N2OS2. The first-order chi connectivity index (χ1) is 5.22. The summed E-state index contributed by atoms with van der Waals surface area (Å²) in [5, 5.41) is 4.35. The fraction of sp³-hybridized carbons (Fsp3) is 0.333. The van der Waals surface area contributed by atoms with Gasteiger partial charge in [-0.2, -0.15) is 0 Å². The number of hydrogen-bond acceptors (Lipinski definition) is 4. The van der Waals surface area contributed by atoms with Gasteiger partial charge < -0.3 is 5.32 Å².